The van der Waals surface area contributed by atoms with Crippen molar-refractivity contribution in [2.45, 2.75) is 34.7 Å². The van der Waals surface area contributed by atoms with Gasteiger partial charge in [0.15, 0.2) is 0 Å². The topological polar surface area (TPSA) is 104 Å². The first-order valence-corrected chi connectivity index (χ1v) is 9.52. The largest absolute Gasteiger partial charge is 1.00 e. The number of carboxylic acids is 1. The molecule has 2 aromatic rings. The zero-order chi connectivity index (χ0) is 17.6. The van der Waals surface area contributed by atoms with Gasteiger partial charge in [0.25, 0.3) is 0 Å². The summed E-state index contributed by atoms with van der Waals surface area (Å²) in [4.78, 5) is 24.8. The molecule has 3 heterocycles. The van der Waals surface area contributed by atoms with Crippen molar-refractivity contribution in [3.05, 3.63) is 30.3 Å². The number of carboxylic acid groups (broad SMARTS) is 1. The van der Waals surface area contributed by atoms with Crippen LogP contribution in [0.25, 0.3) is 5.69 Å². The Labute approximate surface area is 180 Å². The number of hydrogen-bond donors (Lipinski definition) is 0. The van der Waals surface area contributed by atoms with Crippen LogP contribution < -0.4 is 34.7 Å². The first-order valence-electron chi connectivity index (χ1n) is 7.66. The quantitative estimate of drug-likeness (QED) is 0.297. The van der Waals surface area contributed by atoms with Crippen LogP contribution >= 0.6 is 23.5 Å². The van der Waals surface area contributed by atoms with E-state index in [1.165, 1.54) is 28.4 Å². The average Bonchev–Trinajstić information content (AvgIpc) is 3.15. The number of fused-ring (bicyclic) bond motifs is 1. The molecular weight excluding hydrogens is 385 g/mol. The summed E-state index contributed by atoms with van der Waals surface area (Å²) >= 11 is 2.89. The number of tetrazole rings is 1. The Balaban J connectivity index is 0.00000196. The zero-order valence-corrected chi connectivity index (χ0v) is 17.9. The van der Waals surface area contributed by atoms with Gasteiger partial charge in [0.2, 0.25) is 11.1 Å². The number of hydrogen-bond acceptors (Lipinski definition) is 8. The van der Waals surface area contributed by atoms with Gasteiger partial charge in [-0.15, -0.1) is 16.9 Å². The monoisotopic (exact) mass is 399 g/mol. The molecule has 0 radical (unpaired) electrons. The number of carbonyl (C=O) groups excluding carboxylic acids is 2. The molecule has 2 aliphatic rings. The predicted molar refractivity (Wildman–Crippen MR) is 89.9 cm³/mol. The van der Waals surface area contributed by atoms with Crippen molar-refractivity contribution in [1.29, 1.82) is 0 Å². The molecule has 2 fully saturated rings. The third kappa shape index (κ3) is 3.29. The molecule has 8 nitrogen and oxygen atoms in total. The van der Waals surface area contributed by atoms with E-state index >= 15 is 0 Å². The summed E-state index contributed by atoms with van der Waals surface area (Å²) in [6.07, 6.45) is 0.385. The minimum absolute atomic E-state index is 0. The summed E-state index contributed by atoms with van der Waals surface area (Å²) in [7, 11) is 0. The van der Waals surface area contributed by atoms with Gasteiger partial charge in [0.05, 0.1) is 34.2 Å². The fourth-order valence-corrected chi connectivity index (χ4v) is 6.08. The SMILES string of the molecule is C[C@@]1(CSc2nnnn2-c2ccccc2)S[C@@H]2CC(=O)N2[C@H]1C(=O)[O-].[Na+]. The zero-order valence-electron chi connectivity index (χ0n) is 14.2. The number of benzene rings is 1. The van der Waals surface area contributed by atoms with Gasteiger partial charge in [-0.25, -0.2) is 0 Å². The molecule has 0 bridgehead atoms. The minimum Gasteiger partial charge on any atom is -0.548 e. The van der Waals surface area contributed by atoms with Crippen molar-refractivity contribution in [2.24, 2.45) is 0 Å². The molecule has 2 aliphatic heterocycles. The second-order valence-electron chi connectivity index (χ2n) is 6.11. The molecule has 0 saturated carbocycles. The Morgan fingerprint density at radius 3 is 2.81 bits per heavy atom. The third-order valence-corrected chi connectivity index (χ3v) is 7.37. The number of β-lactam (4-membered cyclic amide) rings is 1. The normalized spacial score (nSPS) is 26.8. The van der Waals surface area contributed by atoms with Gasteiger partial charge >= 0.3 is 29.6 Å². The van der Waals surface area contributed by atoms with E-state index in [2.05, 4.69) is 15.5 Å². The van der Waals surface area contributed by atoms with E-state index < -0.39 is 16.8 Å². The Hall–Kier alpha value is -1.07. The standard InChI is InChI=1S/C15H15N5O3S2.Na/c1-15(12(13(22)23)19-10(21)7-11(19)25-15)8-24-14-16-17-18-20(14)9-5-3-2-4-6-9;/h2-6,11-12H,7-8H2,1H3,(H,22,23);/q;+1/p-1/t11-,12+,15+;/m1./s1. The molecule has 0 N–H and O–H groups in total. The van der Waals surface area contributed by atoms with Crippen molar-refractivity contribution < 1.29 is 44.3 Å². The van der Waals surface area contributed by atoms with Crippen LogP contribution in [0.5, 0.6) is 0 Å². The molecule has 0 unspecified atom stereocenters. The Morgan fingerprint density at radius 1 is 1.42 bits per heavy atom. The molecule has 26 heavy (non-hydrogen) atoms. The minimum atomic E-state index is -1.21. The van der Waals surface area contributed by atoms with Gasteiger partial charge in [-0.3, -0.25) is 4.79 Å². The fraction of sp³-hybridized carbons (Fsp3) is 0.400. The maximum atomic E-state index is 11.8. The molecule has 1 aromatic carbocycles. The number of amides is 1. The van der Waals surface area contributed by atoms with Crippen LogP contribution in [0.4, 0.5) is 0 Å². The number of rotatable bonds is 5. The van der Waals surface area contributed by atoms with E-state index in [9.17, 15) is 14.7 Å². The second kappa shape index (κ2) is 7.51. The van der Waals surface area contributed by atoms with Crippen LogP contribution in [0.15, 0.2) is 35.5 Å². The van der Waals surface area contributed by atoms with Gasteiger partial charge < -0.3 is 14.8 Å². The molecule has 130 valence electrons. The van der Waals surface area contributed by atoms with Crippen LogP contribution in [0, 0.1) is 0 Å². The molecule has 1 aromatic heterocycles. The average molecular weight is 399 g/mol. The van der Waals surface area contributed by atoms with Crippen molar-refractivity contribution in [3.63, 3.8) is 0 Å². The van der Waals surface area contributed by atoms with Crippen LogP contribution in [-0.4, -0.2) is 58.9 Å². The van der Waals surface area contributed by atoms with Crippen molar-refractivity contribution in [2.75, 3.05) is 5.75 Å². The number of carbonyl (C=O) groups is 2. The Kier molecular flexibility index (Phi) is 5.69. The van der Waals surface area contributed by atoms with E-state index in [0.717, 1.165) is 5.69 Å². The van der Waals surface area contributed by atoms with Crippen molar-refractivity contribution in [1.82, 2.24) is 25.1 Å². The number of para-hydroxylation sites is 1. The first-order chi connectivity index (χ1) is 12.0. The van der Waals surface area contributed by atoms with E-state index in [-0.39, 0.29) is 40.8 Å². The van der Waals surface area contributed by atoms with Crippen molar-refractivity contribution >= 4 is 35.4 Å². The van der Waals surface area contributed by atoms with Gasteiger partial charge in [-0.05, 0) is 29.5 Å². The van der Waals surface area contributed by atoms with Crippen LogP contribution in [0.3, 0.4) is 0 Å². The molecule has 11 heteroatoms. The van der Waals surface area contributed by atoms with E-state index in [0.29, 0.717) is 17.3 Å². The van der Waals surface area contributed by atoms with Gasteiger partial charge in [0.1, 0.15) is 0 Å². The molecule has 4 rings (SSSR count). The van der Waals surface area contributed by atoms with Crippen molar-refractivity contribution in [3.8, 4) is 5.69 Å². The fourth-order valence-electron chi connectivity index (χ4n) is 3.16. The Bertz CT molecular complexity index is 836. The van der Waals surface area contributed by atoms with Crippen LogP contribution in [0.1, 0.15) is 13.3 Å². The summed E-state index contributed by atoms with van der Waals surface area (Å²) in [6, 6.07) is 8.53. The van der Waals surface area contributed by atoms with Gasteiger partial charge in [-0.1, -0.05) is 30.0 Å². The van der Waals surface area contributed by atoms with E-state index in [4.69, 9.17) is 0 Å². The maximum Gasteiger partial charge on any atom is 1.00 e. The Morgan fingerprint density at radius 2 is 2.15 bits per heavy atom. The summed E-state index contributed by atoms with van der Waals surface area (Å²) in [5.74, 6) is -0.896. The smallest absolute Gasteiger partial charge is 0.548 e. The molecule has 2 saturated heterocycles. The predicted octanol–water partition coefficient (Wildman–Crippen LogP) is -3.06. The molecular formula is C15H14N5NaO3S2. The second-order valence-corrected chi connectivity index (χ2v) is 8.76. The number of aliphatic carboxylic acids is 1. The van der Waals surface area contributed by atoms with E-state index in [1.54, 1.807) is 4.68 Å². The molecule has 0 spiro atoms. The number of nitrogens with zero attached hydrogens (tertiary/aromatic N) is 5. The number of thioether (sulfide) groups is 2. The summed E-state index contributed by atoms with van der Waals surface area (Å²) in [5, 5.41) is 23.9. The molecule has 1 amide bonds. The van der Waals surface area contributed by atoms with Crippen LogP contribution in [-0.2, 0) is 9.59 Å². The molecule has 0 aliphatic carbocycles. The van der Waals surface area contributed by atoms with Gasteiger partial charge in [-0.2, -0.15) is 4.68 Å². The summed E-state index contributed by atoms with van der Waals surface area (Å²) in [5.41, 5.74) is 0.828. The van der Waals surface area contributed by atoms with E-state index in [1.807, 2.05) is 37.3 Å². The summed E-state index contributed by atoms with van der Waals surface area (Å²) in [6.45, 7) is 1.85. The third-order valence-electron chi connectivity index (χ3n) is 4.36. The maximum absolute atomic E-state index is 11.8. The van der Waals surface area contributed by atoms with Crippen LogP contribution in [0.2, 0.25) is 0 Å². The van der Waals surface area contributed by atoms with Gasteiger partial charge in [0, 0.05) is 5.75 Å². The first kappa shape index (κ1) is 19.7. The summed E-state index contributed by atoms with van der Waals surface area (Å²) < 4.78 is 0.954. The molecule has 3 atom stereocenters. The number of aromatic nitrogens is 4.